The van der Waals surface area contributed by atoms with Crippen molar-refractivity contribution in [2.75, 3.05) is 39.4 Å². The molecule has 2 saturated heterocycles. The second-order valence-corrected chi connectivity index (χ2v) is 6.21. The highest BCUT2D eigenvalue weighted by molar-refractivity contribution is 5.25. The van der Waals surface area contributed by atoms with E-state index in [1.54, 1.807) is 6.07 Å². The van der Waals surface area contributed by atoms with Crippen molar-refractivity contribution in [3.63, 3.8) is 0 Å². The lowest BCUT2D eigenvalue weighted by Crippen LogP contribution is -2.35. The summed E-state index contributed by atoms with van der Waals surface area (Å²) in [5, 5.41) is 3.38. The second kappa shape index (κ2) is 7.34. The molecule has 1 aromatic rings. The van der Waals surface area contributed by atoms with Crippen molar-refractivity contribution in [1.82, 2.24) is 10.2 Å². The van der Waals surface area contributed by atoms with Gasteiger partial charge in [0, 0.05) is 25.2 Å². The van der Waals surface area contributed by atoms with E-state index < -0.39 is 0 Å². The predicted octanol–water partition coefficient (Wildman–Crippen LogP) is 2.20. The fraction of sp³-hybridized carbons (Fsp3) is 0.647. The minimum Gasteiger partial charge on any atom is -0.379 e. The summed E-state index contributed by atoms with van der Waals surface area (Å²) in [6.07, 6.45) is 3.42. The largest absolute Gasteiger partial charge is 0.379 e. The summed E-state index contributed by atoms with van der Waals surface area (Å²) >= 11 is 0. The highest BCUT2D eigenvalue weighted by Crippen LogP contribution is 2.20. The summed E-state index contributed by atoms with van der Waals surface area (Å²) in [6.45, 7) is 6.21. The first-order valence-corrected chi connectivity index (χ1v) is 8.09. The third kappa shape index (κ3) is 4.25. The monoisotopic (exact) mass is 292 g/mol. The quantitative estimate of drug-likeness (QED) is 0.921. The molecule has 0 spiro atoms. The van der Waals surface area contributed by atoms with E-state index in [9.17, 15) is 4.39 Å². The van der Waals surface area contributed by atoms with E-state index >= 15 is 0 Å². The number of halogens is 1. The van der Waals surface area contributed by atoms with Crippen molar-refractivity contribution >= 4 is 0 Å². The number of piperidine rings is 1. The molecule has 116 valence electrons. The zero-order chi connectivity index (χ0) is 14.5. The van der Waals surface area contributed by atoms with Gasteiger partial charge >= 0.3 is 0 Å². The van der Waals surface area contributed by atoms with Crippen LogP contribution in [0.2, 0.25) is 0 Å². The highest BCUT2D eigenvalue weighted by Gasteiger charge is 2.16. The van der Waals surface area contributed by atoms with Gasteiger partial charge in [-0.15, -0.1) is 0 Å². The molecular formula is C17H25FN2O. The first kappa shape index (κ1) is 14.9. The molecule has 4 heteroatoms. The molecule has 2 aliphatic heterocycles. The van der Waals surface area contributed by atoms with Gasteiger partial charge in [0.1, 0.15) is 5.82 Å². The summed E-state index contributed by atoms with van der Waals surface area (Å²) in [6, 6.07) is 5.83. The van der Waals surface area contributed by atoms with Crippen molar-refractivity contribution < 1.29 is 9.13 Å². The van der Waals surface area contributed by atoms with Gasteiger partial charge in [0.2, 0.25) is 0 Å². The van der Waals surface area contributed by atoms with Crippen molar-refractivity contribution in [2.45, 2.75) is 25.8 Å². The van der Waals surface area contributed by atoms with Gasteiger partial charge in [-0.05, 0) is 49.9 Å². The molecule has 0 atom stereocenters. The van der Waals surface area contributed by atoms with Crippen LogP contribution < -0.4 is 5.32 Å². The smallest absolute Gasteiger partial charge is 0.127 e. The summed E-state index contributed by atoms with van der Waals surface area (Å²) in [7, 11) is 0. The zero-order valence-corrected chi connectivity index (χ0v) is 12.6. The first-order chi connectivity index (χ1) is 10.3. The summed E-state index contributed by atoms with van der Waals surface area (Å²) in [4.78, 5) is 2.26. The van der Waals surface area contributed by atoms with Crippen LogP contribution in [0, 0.1) is 11.7 Å². The van der Waals surface area contributed by atoms with Crippen LogP contribution in [0.3, 0.4) is 0 Å². The molecule has 3 nitrogen and oxygen atoms in total. The molecule has 2 fully saturated rings. The lowest BCUT2D eigenvalue weighted by atomic mass is 9.90. The van der Waals surface area contributed by atoms with Gasteiger partial charge in [-0.1, -0.05) is 12.1 Å². The second-order valence-electron chi connectivity index (χ2n) is 6.21. The molecule has 1 aromatic carbocycles. The fourth-order valence-electron chi connectivity index (χ4n) is 3.27. The van der Waals surface area contributed by atoms with Crippen LogP contribution in [0.25, 0.3) is 0 Å². The molecule has 1 N–H and O–H groups in total. The minimum atomic E-state index is -0.0482. The van der Waals surface area contributed by atoms with Crippen molar-refractivity contribution in [2.24, 2.45) is 5.92 Å². The Labute approximate surface area is 126 Å². The van der Waals surface area contributed by atoms with Crippen molar-refractivity contribution in [3.8, 4) is 0 Å². The fourth-order valence-corrected chi connectivity index (χ4v) is 3.27. The van der Waals surface area contributed by atoms with Gasteiger partial charge in [-0.25, -0.2) is 4.39 Å². The number of rotatable bonds is 4. The number of morpholine rings is 1. The molecule has 3 rings (SSSR count). The number of benzene rings is 1. The topological polar surface area (TPSA) is 24.5 Å². The number of ether oxygens (including phenoxy) is 1. The molecule has 0 aromatic heterocycles. The molecule has 0 unspecified atom stereocenters. The van der Waals surface area contributed by atoms with E-state index in [-0.39, 0.29) is 5.82 Å². The van der Waals surface area contributed by atoms with E-state index in [0.717, 1.165) is 56.9 Å². The molecule has 0 amide bonds. The van der Waals surface area contributed by atoms with E-state index in [0.29, 0.717) is 12.5 Å². The summed E-state index contributed by atoms with van der Waals surface area (Å²) in [5.74, 6) is 0.656. The van der Waals surface area contributed by atoms with E-state index in [1.165, 1.54) is 12.8 Å². The summed E-state index contributed by atoms with van der Waals surface area (Å²) in [5.41, 5.74) is 1.95. The Balaban J connectivity index is 1.59. The maximum atomic E-state index is 14.3. The Hall–Kier alpha value is -0.970. The minimum absolute atomic E-state index is 0.0482. The zero-order valence-electron chi connectivity index (χ0n) is 12.6. The van der Waals surface area contributed by atoms with Crippen LogP contribution in [0.1, 0.15) is 24.0 Å². The number of nitrogens with zero attached hydrogens (tertiary/aromatic N) is 1. The lowest BCUT2D eigenvalue weighted by molar-refractivity contribution is 0.0337. The third-order valence-electron chi connectivity index (χ3n) is 4.60. The van der Waals surface area contributed by atoms with Gasteiger partial charge in [-0.2, -0.15) is 0 Å². The average Bonchev–Trinajstić information content (AvgIpc) is 2.52. The molecule has 0 saturated carbocycles. The van der Waals surface area contributed by atoms with E-state index in [1.807, 2.05) is 6.07 Å². The van der Waals surface area contributed by atoms with E-state index in [2.05, 4.69) is 16.3 Å². The first-order valence-electron chi connectivity index (χ1n) is 8.09. The van der Waals surface area contributed by atoms with Crippen LogP contribution >= 0.6 is 0 Å². The van der Waals surface area contributed by atoms with Crippen molar-refractivity contribution in [1.29, 1.82) is 0 Å². The maximum Gasteiger partial charge on any atom is 0.127 e. The van der Waals surface area contributed by atoms with Gasteiger partial charge in [0.05, 0.1) is 13.2 Å². The van der Waals surface area contributed by atoms with Crippen LogP contribution in [-0.4, -0.2) is 44.3 Å². The molecule has 2 heterocycles. The lowest BCUT2D eigenvalue weighted by Gasteiger charge is -2.27. The van der Waals surface area contributed by atoms with Gasteiger partial charge in [0.25, 0.3) is 0 Å². The SMILES string of the molecule is Fc1cc(CC2CCNCC2)ccc1CN1CCOCC1. The van der Waals surface area contributed by atoms with Gasteiger partial charge < -0.3 is 10.1 Å². The molecule has 0 radical (unpaired) electrons. The molecular weight excluding hydrogens is 267 g/mol. The Morgan fingerprint density at radius 1 is 1.19 bits per heavy atom. The normalized spacial score (nSPS) is 21.6. The Morgan fingerprint density at radius 2 is 1.95 bits per heavy atom. The number of hydrogen-bond acceptors (Lipinski definition) is 3. The van der Waals surface area contributed by atoms with Crippen LogP contribution in [0.5, 0.6) is 0 Å². The third-order valence-corrected chi connectivity index (χ3v) is 4.60. The van der Waals surface area contributed by atoms with Crippen LogP contribution in [0.15, 0.2) is 18.2 Å². The van der Waals surface area contributed by atoms with Crippen LogP contribution in [0.4, 0.5) is 4.39 Å². The Bertz CT molecular complexity index is 454. The Morgan fingerprint density at radius 3 is 2.67 bits per heavy atom. The van der Waals surface area contributed by atoms with Gasteiger partial charge in [0.15, 0.2) is 0 Å². The molecule has 0 aliphatic carbocycles. The average molecular weight is 292 g/mol. The molecule has 2 aliphatic rings. The maximum absolute atomic E-state index is 14.3. The number of hydrogen-bond donors (Lipinski definition) is 1. The Kier molecular flexibility index (Phi) is 5.22. The van der Waals surface area contributed by atoms with Gasteiger partial charge in [-0.3, -0.25) is 4.90 Å². The number of nitrogens with one attached hydrogen (secondary N) is 1. The van der Waals surface area contributed by atoms with Crippen LogP contribution in [-0.2, 0) is 17.7 Å². The predicted molar refractivity (Wildman–Crippen MR) is 81.8 cm³/mol. The summed E-state index contributed by atoms with van der Waals surface area (Å²) < 4.78 is 19.6. The van der Waals surface area contributed by atoms with Crippen molar-refractivity contribution in [3.05, 3.63) is 35.1 Å². The van der Waals surface area contributed by atoms with E-state index in [4.69, 9.17) is 4.74 Å². The molecule has 0 bridgehead atoms. The standard InChI is InChI=1S/C17H25FN2O/c18-17-12-15(11-14-3-5-19-6-4-14)1-2-16(17)13-20-7-9-21-10-8-20/h1-2,12,14,19H,3-11,13H2. The molecule has 21 heavy (non-hydrogen) atoms. The highest BCUT2D eigenvalue weighted by atomic mass is 19.1.